The number of rotatable bonds is 8. The normalized spacial score (nSPS) is 28.1. The predicted molar refractivity (Wildman–Crippen MR) is 372 cm³/mol. The van der Waals surface area contributed by atoms with E-state index in [-0.39, 0.29) is 44.5 Å². The third kappa shape index (κ3) is 15.3. The van der Waals surface area contributed by atoms with Crippen LogP contribution in [0.5, 0.6) is 69.0 Å². The summed E-state index contributed by atoms with van der Waals surface area (Å²) in [6.45, 7) is -1.05. The maximum absolute atomic E-state index is 16.4. The lowest BCUT2D eigenvalue weighted by Crippen LogP contribution is -2.65. The first-order valence-electron chi connectivity index (χ1n) is 33.5. The molecular weight excluding hydrogens is 1500 g/mol. The van der Waals surface area contributed by atoms with Gasteiger partial charge in [0.15, 0.2) is 35.3 Å². The SMILES string of the molecule is CC(=O)NC1C(OC2c3ccc(c(Cl)c3)Oc3cc4cc(c3O)Oc3ccc(cc3Cl)CC3NC(=O)C(N)c5ccc(O)c(c5)Oc5cc(O)cc(c5)C(NC3=O)C(=O)NC4C(=O)NC3C(=O)NC2C(=O)NC(C(=O)O)c2cc(O)cc(OC4O[C@H](CO)[C@@H](O)[C@H](O)[C@@H]4O)c2-c2cc3ccc2O)OC(CO)C(O)C1O. The van der Waals surface area contributed by atoms with Crippen molar-refractivity contribution in [2.24, 2.45) is 5.73 Å². The lowest BCUT2D eigenvalue weighted by atomic mass is 9.89. The minimum Gasteiger partial charge on any atom is -0.508 e. The number of carboxylic acids is 1. The Morgan fingerprint density at radius 3 is 1.75 bits per heavy atom. The first kappa shape index (κ1) is 76.8. The van der Waals surface area contributed by atoms with Crippen LogP contribution in [-0.2, 0) is 59.0 Å². The van der Waals surface area contributed by atoms with Gasteiger partial charge in [-0.15, -0.1) is 0 Å². The van der Waals surface area contributed by atoms with Crippen molar-refractivity contribution in [1.82, 2.24) is 37.2 Å². The molecule has 2 fully saturated rings. The highest BCUT2D eigenvalue weighted by Crippen LogP contribution is 2.50. The number of aromatic hydroxyl groups is 5. The number of benzene rings is 7. The number of carbonyl (C=O) groups excluding carboxylic acids is 7. The maximum Gasteiger partial charge on any atom is 0.330 e. The van der Waals surface area contributed by atoms with Crippen molar-refractivity contribution in [3.8, 4) is 80.1 Å². The Hall–Kier alpha value is -11.4. The molecule has 14 unspecified atom stereocenters. The monoisotopic (exact) mass is 1560 g/mol. The van der Waals surface area contributed by atoms with Crippen molar-refractivity contribution in [3.63, 3.8) is 0 Å². The molecule has 7 aromatic rings. The highest BCUT2D eigenvalue weighted by molar-refractivity contribution is 6.32. The Morgan fingerprint density at radius 1 is 0.536 bits per heavy atom. The van der Waals surface area contributed by atoms with Crippen LogP contribution in [0.25, 0.3) is 11.1 Å². The van der Waals surface area contributed by atoms with Gasteiger partial charge < -0.3 is 142 Å². The van der Waals surface area contributed by atoms with Crippen LogP contribution >= 0.6 is 23.2 Å². The summed E-state index contributed by atoms with van der Waals surface area (Å²) in [6.07, 6.45) is -20.7. The second-order valence-electron chi connectivity index (χ2n) is 26.4. The zero-order chi connectivity index (χ0) is 78.7. The van der Waals surface area contributed by atoms with Crippen molar-refractivity contribution < 1.29 is 138 Å². The van der Waals surface area contributed by atoms with E-state index in [1.807, 2.05) is 0 Å². The summed E-state index contributed by atoms with van der Waals surface area (Å²) < 4.78 is 43.0. The molecule has 110 heavy (non-hydrogen) atoms. The number of carboxylic acid groups (broad SMARTS) is 1. The predicted octanol–water partition coefficient (Wildman–Crippen LogP) is 0.426. The van der Waals surface area contributed by atoms with E-state index in [4.69, 9.17) is 62.1 Å². The molecule has 7 aromatic carbocycles. The van der Waals surface area contributed by atoms with Gasteiger partial charge in [-0.2, -0.15) is 0 Å². The molecule has 0 aliphatic carbocycles. The summed E-state index contributed by atoms with van der Waals surface area (Å²) in [6, 6.07) is 3.70. The Bertz CT molecular complexity index is 4880. The first-order chi connectivity index (χ1) is 52.3. The molecular formula is C72H68Cl2N8O28. The van der Waals surface area contributed by atoms with E-state index in [0.29, 0.717) is 0 Å². The van der Waals surface area contributed by atoms with E-state index < -0.39 is 261 Å². The number of aliphatic hydroxyl groups is 7. The first-order valence-corrected chi connectivity index (χ1v) is 34.3. The van der Waals surface area contributed by atoms with Crippen LogP contribution in [0, 0.1) is 0 Å². The molecule has 17 bridgehead atoms. The minimum atomic E-state index is -2.51. The third-order valence-corrected chi connectivity index (χ3v) is 19.6. The van der Waals surface area contributed by atoms with Crippen LogP contribution in [-0.4, -0.2) is 200 Å². The maximum atomic E-state index is 16.4. The van der Waals surface area contributed by atoms with Crippen LogP contribution in [0.15, 0.2) is 115 Å². The number of carbonyl (C=O) groups is 8. The van der Waals surface area contributed by atoms with Crippen LogP contribution in [0.4, 0.5) is 0 Å². The Morgan fingerprint density at radius 2 is 1.11 bits per heavy atom. The second kappa shape index (κ2) is 31.0. The molecule has 2 saturated heterocycles. The molecule has 38 heteroatoms. The number of aliphatic carboxylic acids is 1. The quantitative estimate of drug-likeness (QED) is 0.0980. The molecule has 8 aliphatic rings. The summed E-state index contributed by atoms with van der Waals surface area (Å²) >= 11 is 14.1. The Labute approximate surface area is 629 Å². The van der Waals surface area contributed by atoms with E-state index in [1.54, 1.807) is 0 Å². The number of hydrogen-bond donors (Lipinski definition) is 21. The molecule has 0 spiro atoms. The van der Waals surface area contributed by atoms with Gasteiger partial charge in [-0.1, -0.05) is 47.5 Å². The molecule has 15 rings (SSSR count). The minimum absolute atomic E-state index is 0.0678. The van der Waals surface area contributed by atoms with Crippen LogP contribution in [0.3, 0.4) is 0 Å². The number of ether oxygens (including phenoxy) is 7. The van der Waals surface area contributed by atoms with Crippen molar-refractivity contribution in [2.45, 2.75) is 123 Å². The number of hydrogen-bond acceptors (Lipinski definition) is 28. The molecule has 8 aliphatic heterocycles. The third-order valence-electron chi connectivity index (χ3n) is 19.0. The van der Waals surface area contributed by atoms with Gasteiger partial charge in [0, 0.05) is 42.2 Å². The molecule has 0 saturated carbocycles. The summed E-state index contributed by atoms with van der Waals surface area (Å²) in [5.74, 6) is -18.0. The number of nitrogens with one attached hydrogen (secondary N) is 7. The average Bonchev–Trinajstić information content (AvgIpc) is 0.766. The zero-order valence-corrected chi connectivity index (χ0v) is 58.3. The topological polar surface area (TPSA) is 574 Å². The van der Waals surface area contributed by atoms with E-state index >= 15 is 24.0 Å². The molecule has 36 nitrogen and oxygen atoms in total. The van der Waals surface area contributed by atoms with Crippen molar-refractivity contribution in [3.05, 3.63) is 164 Å². The molecule has 8 heterocycles. The fourth-order valence-corrected chi connectivity index (χ4v) is 13.9. The summed E-state index contributed by atoms with van der Waals surface area (Å²) in [7, 11) is 0. The lowest BCUT2D eigenvalue weighted by Gasteiger charge is -2.44. The van der Waals surface area contributed by atoms with Gasteiger partial charge in [-0.05, 0) is 112 Å². The van der Waals surface area contributed by atoms with Crippen LogP contribution < -0.4 is 61.9 Å². The van der Waals surface area contributed by atoms with Crippen molar-refractivity contribution in [1.29, 1.82) is 0 Å². The molecule has 0 radical (unpaired) electrons. The highest BCUT2D eigenvalue weighted by Gasteiger charge is 2.50. The van der Waals surface area contributed by atoms with Gasteiger partial charge in [0.1, 0.15) is 131 Å². The lowest BCUT2D eigenvalue weighted by molar-refractivity contribution is -0.284. The van der Waals surface area contributed by atoms with Crippen LogP contribution in [0.1, 0.15) is 82.2 Å². The number of fused-ring (bicyclic) bond motifs is 14. The van der Waals surface area contributed by atoms with E-state index in [2.05, 4.69) is 37.2 Å². The number of nitrogens with two attached hydrogens (primary N) is 1. The van der Waals surface area contributed by atoms with Crippen molar-refractivity contribution >= 4 is 70.5 Å². The number of phenols is 5. The number of halogens is 2. The van der Waals surface area contributed by atoms with Gasteiger partial charge in [0.2, 0.25) is 53.4 Å². The largest absolute Gasteiger partial charge is 0.508 e. The average molecular weight is 1560 g/mol. The van der Waals surface area contributed by atoms with Gasteiger partial charge in [-0.25, -0.2) is 4.79 Å². The standard InChI is InChI=1S/C72H68Cl2N8O28/c1-24(85)76-55-60(93)58(91)47(22-83)108-71(55)110-63-28-5-9-42(37(74)15-28)106-46-18-30-17-45(57(46)90)105-41-8-2-25(10-36(41)73)11-38-64(96)78-52(29-12-31(86)19-33(13-29)104-43-16-26(3-7-40(43)89)50(75)65(97)77-38)67(99)80-53(30)68(100)79-51-27-4-6-39(88)34(14-27)49-35(54(70(102)103)81-69(101)56(63)82-66(51)98)20-32(87)21-44(49)107-72-62(95)61(94)59(92)48(23-84)109-72/h2-10,12-21,38,47-48,50-56,58-63,71-72,83-84,86-95H,11,22-23,75H2,1H3,(H,76,85)(H,77,97)(H,78,96)(H,79,100)(H,80,99)(H,81,101)(H,82,98)(H,102,103)/t38?,47?,48-,50?,51?,52?,53?,54?,55?,56?,58?,59-,60?,61+,62+,63?,71?,72?/m1/s1. The molecule has 578 valence electrons. The Kier molecular flexibility index (Phi) is 21.6. The summed E-state index contributed by atoms with van der Waals surface area (Å²) in [5, 5.41) is 163. The van der Waals surface area contributed by atoms with Crippen LogP contribution in [0.2, 0.25) is 10.0 Å². The second-order valence-corrected chi connectivity index (χ2v) is 27.3. The number of phenolic OH excluding ortho intramolecular Hbond substituents is 5. The summed E-state index contributed by atoms with van der Waals surface area (Å²) in [4.78, 5) is 121. The van der Waals surface area contributed by atoms with E-state index in [9.17, 15) is 80.8 Å². The van der Waals surface area contributed by atoms with Gasteiger partial charge in [0.05, 0.1) is 23.3 Å². The number of aliphatic hydroxyl groups excluding tert-OH is 7. The molecule has 7 amide bonds. The van der Waals surface area contributed by atoms with Gasteiger partial charge in [0.25, 0.3) is 0 Å². The van der Waals surface area contributed by atoms with E-state index in [0.717, 1.165) is 91.9 Å². The fourth-order valence-electron chi connectivity index (χ4n) is 13.5. The fraction of sp³-hybridized carbons (Fsp3) is 0.306. The number of amides is 7. The van der Waals surface area contributed by atoms with Crippen molar-refractivity contribution in [2.75, 3.05) is 13.2 Å². The van der Waals surface area contributed by atoms with Gasteiger partial charge >= 0.3 is 5.97 Å². The smallest absolute Gasteiger partial charge is 0.330 e. The highest BCUT2D eigenvalue weighted by atomic mass is 35.5. The zero-order valence-electron chi connectivity index (χ0n) is 56.8. The molecule has 18 atom stereocenters. The van der Waals surface area contributed by atoms with E-state index in [1.165, 1.54) is 30.3 Å². The molecule has 22 N–H and O–H groups in total. The van der Waals surface area contributed by atoms with Gasteiger partial charge in [-0.3, -0.25) is 33.6 Å². The summed E-state index contributed by atoms with van der Waals surface area (Å²) in [5.41, 5.74) is 3.25. The molecule has 0 aromatic heterocycles. The Balaban J connectivity index is 1.05.